The lowest BCUT2D eigenvalue weighted by molar-refractivity contribution is 0.465. The molecule has 0 spiro atoms. The Bertz CT molecular complexity index is 519. The Morgan fingerprint density at radius 3 is 2.50 bits per heavy atom. The van der Waals surface area contributed by atoms with Crippen LogP contribution >= 0.6 is 0 Å². The number of nitrogens with one attached hydrogen (secondary N) is 1. The van der Waals surface area contributed by atoms with Gasteiger partial charge in [0, 0.05) is 23.9 Å². The van der Waals surface area contributed by atoms with Crippen LogP contribution in [0.4, 0.5) is 5.82 Å². The fourth-order valence-corrected chi connectivity index (χ4v) is 1.86. The summed E-state index contributed by atoms with van der Waals surface area (Å²) in [5.41, 5.74) is 0.872. The minimum absolute atomic E-state index is 0.0155. The van der Waals surface area contributed by atoms with Crippen molar-refractivity contribution in [3.8, 4) is 5.75 Å². The Kier molecular flexibility index (Phi) is 3.55. The molecular formula is C14H19N3O. The first kappa shape index (κ1) is 12.5. The maximum atomic E-state index is 9.79. The Morgan fingerprint density at radius 2 is 1.89 bits per heavy atom. The van der Waals surface area contributed by atoms with Gasteiger partial charge in [0.25, 0.3) is 0 Å². The number of benzene rings is 1. The van der Waals surface area contributed by atoms with Gasteiger partial charge in [-0.25, -0.2) is 0 Å². The molecule has 96 valence electrons. The van der Waals surface area contributed by atoms with Crippen LogP contribution in [0, 0.1) is 0 Å². The van der Waals surface area contributed by atoms with Crippen LogP contribution in [-0.2, 0) is 0 Å². The Labute approximate surface area is 107 Å². The molecule has 0 aliphatic carbocycles. The number of para-hydroxylation sites is 1. The lowest BCUT2D eigenvalue weighted by Crippen LogP contribution is -2.08. The van der Waals surface area contributed by atoms with Gasteiger partial charge in [-0.15, -0.1) is 0 Å². The lowest BCUT2D eigenvalue weighted by atomic mass is 10.1. The maximum Gasteiger partial charge on any atom is 0.148 e. The Balaban J connectivity index is 2.11. The summed E-state index contributed by atoms with van der Waals surface area (Å²) in [5.74, 6) is 1.13. The third-order valence-electron chi connectivity index (χ3n) is 2.91. The number of phenols is 1. The van der Waals surface area contributed by atoms with Crippen LogP contribution in [0.5, 0.6) is 5.75 Å². The van der Waals surface area contributed by atoms with Crippen LogP contribution in [0.3, 0.4) is 0 Å². The highest BCUT2D eigenvalue weighted by Gasteiger charge is 2.11. The third-order valence-corrected chi connectivity index (χ3v) is 2.91. The molecule has 1 heterocycles. The molecule has 2 N–H and O–H groups in total. The van der Waals surface area contributed by atoms with Crippen molar-refractivity contribution in [1.82, 2.24) is 9.78 Å². The van der Waals surface area contributed by atoms with Crippen molar-refractivity contribution in [3.63, 3.8) is 0 Å². The van der Waals surface area contributed by atoms with E-state index in [1.54, 1.807) is 6.07 Å². The predicted octanol–water partition coefficient (Wildman–Crippen LogP) is 3.34. The number of aromatic hydroxyl groups is 1. The molecule has 1 unspecified atom stereocenters. The zero-order valence-corrected chi connectivity index (χ0v) is 11.0. The number of hydrogen-bond donors (Lipinski definition) is 2. The standard InChI is InChI=1S/C14H19N3O/c1-10(2)17-9-8-14(16-17)15-11(3)12-6-4-5-7-13(12)18/h4-11,18H,1-3H3,(H,15,16). The summed E-state index contributed by atoms with van der Waals surface area (Å²) in [7, 11) is 0. The summed E-state index contributed by atoms with van der Waals surface area (Å²) < 4.78 is 1.90. The second-order valence-corrected chi connectivity index (χ2v) is 4.70. The molecular weight excluding hydrogens is 226 g/mol. The van der Waals surface area contributed by atoms with E-state index in [0.717, 1.165) is 11.4 Å². The van der Waals surface area contributed by atoms with Gasteiger partial charge in [-0.05, 0) is 26.8 Å². The van der Waals surface area contributed by atoms with E-state index in [1.165, 1.54) is 0 Å². The SMILES string of the molecule is CC(Nc1ccn(C(C)C)n1)c1ccccc1O. The fourth-order valence-electron chi connectivity index (χ4n) is 1.86. The predicted molar refractivity (Wildman–Crippen MR) is 72.8 cm³/mol. The number of nitrogens with zero attached hydrogens (tertiary/aromatic N) is 2. The quantitative estimate of drug-likeness (QED) is 0.868. The van der Waals surface area contributed by atoms with Crippen LogP contribution in [-0.4, -0.2) is 14.9 Å². The van der Waals surface area contributed by atoms with Gasteiger partial charge in [0.2, 0.25) is 0 Å². The van der Waals surface area contributed by atoms with Gasteiger partial charge in [-0.3, -0.25) is 4.68 Å². The minimum Gasteiger partial charge on any atom is -0.508 e. The molecule has 1 aromatic heterocycles. The normalized spacial score (nSPS) is 12.7. The second kappa shape index (κ2) is 5.12. The molecule has 1 atom stereocenters. The lowest BCUT2D eigenvalue weighted by Gasteiger charge is -2.15. The van der Waals surface area contributed by atoms with Crippen molar-refractivity contribution >= 4 is 5.82 Å². The van der Waals surface area contributed by atoms with E-state index in [9.17, 15) is 5.11 Å². The van der Waals surface area contributed by atoms with Gasteiger partial charge < -0.3 is 10.4 Å². The fraction of sp³-hybridized carbons (Fsp3) is 0.357. The first-order chi connectivity index (χ1) is 8.58. The highest BCUT2D eigenvalue weighted by atomic mass is 16.3. The van der Waals surface area contributed by atoms with Crippen molar-refractivity contribution in [2.75, 3.05) is 5.32 Å². The van der Waals surface area contributed by atoms with Crippen molar-refractivity contribution in [2.24, 2.45) is 0 Å². The van der Waals surface area contributed by atoms with Gasteiger partial charge in [0.15, 0.2) is 0 Å². The second-order valence-electron chi connectivity index (χ2n) is 4.70. The Morgan fingerprint density at radius 1 is 1.17 bits per heavy atom. The molecule has 1 aromatic carbocycles. The number of anilines is 1. The molecule has 0 aliphatic rings. The summed E-state index contributed by atoms with van der Waals surface area (Å²) in [4.78, 5) is 0. The molecule has 2 aromatic rings. The molecule has 0 radical (unpaired) electrons. The monoisotopic (exact) mass is 245 g/mol. The molecule has 0 saturated carbocycles. The number of rotatable bonds is 4. The molecule has 4 nitrogen and oxygen atoms in total. The van der Waals surface area contributed by atoms with E-state index in [1.807, 2.05) is 42.1 Å². The van der Waals surface area contributed by atoms with Crippen molar-refractivity contribution in [1.29, 1.82) is 0 Å². The largest absolute Gasteiger partial charge is 0.508 e. The zero-order chi connectivity index (χ0) is 13.1. The Hall–Kier alpha value is -1.97. The molecule has 0 bridgehead atoms. The van der Waals surface area contributed by atoms with E-state index in [0.29, 0.717) is 11.8 Å². The highest BCUT2D eigenvalue weighted by Crippen LogP contribution is 2.25. The molecule has 0 amide bonds. The van der Waals surface area contributed by atoms with E-state index < -0.39 is 0 Å². The van der Waals surface area contributed by atoms with E-state index in [-0.39, 0.29) is 6.04 Å². The van der Waals surface area contributed by atoms with Crippen LogP contribution < -0.4 is 5.32 Å². The molecule has 0 saturated heterocycles. The van der Waals surface area contributed by atoms with E-state index in [2.05, 4.69) is 24.3 Å². The molecule has 4 heteroatoms. The molecule has 2 rings (SSSR count). The third kappa shape index (κ3) is 2.64. The summed E-state index contributed by atoms with van der Waals surface area (Å²) in [6.45, 7) is 6.18. The smallest absolute Gasteiger partial charge is 0.148 e. The first-order valence-electron chi connectivity index (χ1n) is 6.17. The average molecular weight is 245 g/mol. The van der Waals surface area contributed by atoms with E-state index in [4.69, 9.17) is 0 Å². The van der Waals surface area contributed by atoms with Crippen LogP contribution in [0.25, 0.3) is 0 Å². The summed E-state index contributed by atoms with van der Waals surface area (Å²) in [6, 6.07) is 9.64. The maximum absolute atomic E-state index is 9.79. The van der Waals surface area contributed by atoms with Crippen molar-refractivity contribution in [2.45, 2.75) is 32.9 Å². The zero-order valence-electron chi connectivity index (χ0n) is 11.0. The summed E-state index contributed by atoms with van der Waals surface area (Å²) in [5, 5.41) is 17.5. The van der Waals surface area contributed by atoms with Gasteiger partial charge in [0.1, 0.15) is 11.6 Å². The highest BCUT2D eigenvalue weighted by molar-refractivity contribution is 5.41. The number of aromatic nitrogens is 2. The van der Waals surface area contributed by atoms with Crippen LogP contribution in [0.15, 0.2) is 36.5 Å². The average Bonchev–Trinajstić information content (AvgIpc) is 2.78. The van der Waals surface area contributed by atoms with Crippen molar-refractivity contribution < 1.29 is 5.11 Å². The van der Waals surface area contributed by atoms with Gasteiger partial charge in [-0.2, -0.15) is 5.10 Å². The van der Waals surface area contributed by atoms with Crippen LogP contribution in [0.1, 0.15) is 38.4 Å². The van der Waals surface area contributed by atoms with Crippen LogP contribution in [0.2, 0.25) is 0 Å². The van der Waals surface area contributed by atoms with Gasteiger partial charge in [-0.1, -0.05) is 18.2 Å². The minimum atomic E-state index is 0.0155. The topological polar surface area (TPSA) is 50.1 Å². The summed E-state index contributed by atoms with van der Waals surface area (Å²) in [6.07, 6.45) is 1.95. The van der Waals surface area contributed by atoms with Gasteiger partial charge >= 0.3 is 0 Å². The molecule has 0 aliphatic heterocycles. The van der Waals surface area contributed by atoms with Crippen molar-refractivity contribution in [3.05, 3.63) is 42.1 Å². The molecule has 0 fully saturated rings. The molecule has 18 heavy (non-hydrogen) atoms. The number of phenolic OH excluding ortho intramolecular Hbond substituents is 1. The number of hydrogen-bond acceptors (Lipinski definition) is 3. The van der Waals surface area contributed by atoms with Gasteiger partial charge in [0.05, 0.1) is 6.04 Å². The summed E-state index contributed by atoms with van der Waals surface area (Å²) >= 11 is 0. The van der Waals surface area contributed by atoms with E-state index >= 15 is 0 Å². The first-order valence-corrected chi connectivity index (χ1v) is 6.17.